The summed E-state index contributed by atoms with van der Waals surface area (Å²) in [7, 11) is 0. The molecule has 0 radical (unpaired) electrons. The monoisotopic (exact) mass is 198 g/mol. The SMILES string of the molecule is CC1CC1CNCC1(N)CCOCC1. The van der Waals surface area contributed by atoms with E-state index in [0.717, 1.165) is 51.0 Å². The number of rotatable bonds is 4. The number of nitrogens with one attached hydrogen (secondary N) is 1. The van der Waals surface area contributed by atoms with Gasteiger partial charge in [0.05, 0.1) is 0 Å². The molecular weight excluding hydrogens is 176 g/mol. The van der Waals surface area contributed by atoms with Gasteiger partial charge in [0, 0.05) is 25.3 Å². The van der Waals surface area contributed by atoms with Crippen LogP contribution in [-0.2, 0) is 4.74 Å². The van der Waals surface area contributed by atoms with Crippen LogP contribution >= 0.6 is 0 Å². The van der Waals surface area contributed by atoms with Crippen LogP contribution in [0.3, 0.4) is 0 Å². The topological polar surface area (TPSA) is 47.3 Å². The third-order valence-electron chi connectivity index (χ3n) is 3.65. The maximum atomic E-state index is 6.26. The quantitative estimate of drug-likeness (QED) is 0.700. The van der Waals surface area contributed by atoms with E-state index >= 15 is 0 Å². The first-order valence-electron chi connectivity index (χ1n) is 5.77. The predicted molar refractivity (Wildman–Crippen MR) is 57.1 cm³/mol. The summed E-state index contributed by atoms with van der Waals surface area (Å²) < 4.78 is 5.31. The van der Waals surface area contributed by atoms with E-state index in [1.165, 1.54) is 6.42 Å². The maximum Gasteiger partial charge on any atom is 0.0484 e. The summed E-state index contributed by atoms with van der Waals surface area (Å²) in [6, 6.07) is 0. The van der Waals surface area contributed by atoms with Crippen molar-refractivity contribution < 1.29 is 4.74 Å². The van der Waals surface area contributed by atoms with Crippen LogP contribution in [0.5, 0.6) is 0 Å². The number of hydrogen-bond donors (Lipinski definition) is 2. The average molecular weight is 198 g/mol. The van der Waals surface area contributed by atoms with E-state index in [2.05, 4.69) is 12.2 Å². The molecule has 0 aromatic heterocycles. The summed E-state index contributed by atoms with van der Waals surface area (Å²) >= 11 is 0. The lowest BCUT2D eigenvalue weighted by molar-refractivity contribution is 0.0531. The van der Waals surface area contributed by atoms with E-state index in [1.54, 1.807) is 0 Å². The summed E-state index contributed by atoms with van der Waals surface area (Å²) in [5.74, 6) is 1.85. The Morgan fingerprint density at radius 3 is 2.64 bits per heavy atom. The molecule has 2 atom stereocenters. The molecule has 0 aromatic carbocycles. The zero-order chi connectivity index (χ0) is 10.0. The van der Waals surface area contributed by atoms with Crippen molar-refractivity contribution in [3.05, 3.63) is 0 Å². The minimum atomic E-state index is -0.00359. The molecule has 1 aliphatic heterocycles. The third-order valence-corrected chi connectivity index (χ3v) is 3.65. The molecule has 3 heteroatoms. The van der Waals surface area contributed by atoms with Crippen molar-refractivity contribution in [2.45, 2.75) is 31.7 Å². The van der Waals surface area contributed by atoms with Crippen LogP contribution in [0.1, 0.15) is 26.2 Å². The summed E-state index contributed by atoms with van der Waals surface area (Å²) in [4.78, 5) is 0. The van der Waals surface area contributed by atoms with E-state index in [4.69, 9.17) is 10.5 Å². The molecule has 0 aromatic rings. The molecule has 0 bridgehead atoms. The fourth-order valence-electron chi connectivity index (χ4n) is 2.14. The largest absolute Gasteiger partial charge is 0.381 e. The van der Waals surface area contributed by atoms with Crippen LogP contribution in [0.2, 0.25) is 0 Å². The standard InChI is InChI=1S/C11H22N2O/c1-9-6-10(9)7-13-8-11(12)2-4-14-5-3-11/h9-10,13H,2-8,12H2,1H3. The molecule has 82 valence electrons. The van der Waals surface area contributed by atoms with Gasteiger partial charge >= 0.3 is 0 Å². The van der Waals surface area contributed by atoms with E-state index in [9.17, 15) is 0 Å². The molecule has 1 aliphatic carbocycles. The second-order valence-electron chi connectivity index (χ2n) is 5.08. The van der Waals surface area contributed by atoms with Crippen LogP contribution in [-0.4, -0.2) is 31.8 Å². The third kappa shape index (κ3) is 2.69. The van der Waals surface area contributed by atoms with Crippen molar-refractivity contribution in [3.8, 4) is 0 Å². The van der Waals surface area contributed by atoms with Crippen molar-refractivity contribution >= 4 is 0 Å². The van der Waals surface area contributed by atoms with Gasteiger partial charge in [-0.2, -0.15) is 0 Å². The smallest absolute Gasteiger partial charge is 0.0484 e. The summed E-state index contributed by atoms with van der Waals surface area (Å²) in [6.45, 7) is 6.09. The van der Waals surface area contributed by atoms with Crippen molar-refractivity contribution in [2.75, 3.05) is 26.3 Å². The van der Waals surface area contributed by atoms with E-state index in [0.29, 0.717) is 0 Å². The number of ether oxygens (including phenoxy) is 1. The minimum absolute atomic E-state index is 0.00359. The Morgan fingerprint density at radius 2 is 2.07 bits per heavy atom. The van der Waals surface area contributed by atoms with Gasteiger partial charge in [0.15, 0.2) is 0 Å². The molecule has 3 nitrogen and oxygen atoms in total. The van der Waals surface area contributed by atoms with Gasteiger partial charge < -0.3 is 15.8 Å². The lowest BCUT2D eigenvalue weighted by atomic mass is 9.91. The molecule has 0 spiro atoms. The van der Waals surface area contributed by atoms with Gasteiger partial charge in [-0.15, -0.1) is 0 Å². The molecule has 0 amide bonds. The number of nitrogens with two attached hydrogens (primary N) is 1. The fourth-order valence-corrected chi connectivity index (χ4v) is 2.14. The van der Waals surface area contributed by atoms with Gasteiger partial charge in [0.25, 0.3) is 0 Å². The lowest BCUT2D eigenvalue weighted by Crippen LogP contribution is -2.52. The molecule has 14 heavy (non-hydrogen) atoms. The normalized spacial score (nSPS) is 35.6. The number of hydrogen-bond acceptors (Lipinski definition) is 3. The highest BCUT2D eigenvalue weighted by Crippen LogP contribution is 2.36. The van der Waals surface area contributed by atoms with Gasteiger partial charge in [0.2, 0.25) is 0 Å². The second kappa shape index (κ2) is 4.17. The van der Waals surface area contributed by atoms with Crippen molar-refractivity contribution in [1.82, 2.24) is 5.32 Å². The minimum Gasteiger partial charge on any atom is -0.381 e. The van der Waals surface area contributed by atoms with Crippen molar-refractivity contribution in [3.63, 3.8) is 0 Å². The van der Waals surface area contributed by atoms with Crippen LogP contribution in [0.15, 0.2) is 0 Å². The van der Waals surface area contributed by atoms with Gasteiger partial charge in [-0.25, -0.2) is 0 Å². The summed E-state index contributed by atoms with van der Waals surface area (Å²) in [5.41, 5.74) is 6.25. The molecule has 2 unspecified atom stereocenters. The summed E-state index contributed by atoms with van der Waals surface area (Å²) in [6.07, 6.45) is 3.40. The van der Waals surface area contributed by atoms with Crippen LogP contribution in [0, 0.1) is 11.8 Å². The molecule has 2 rings (SSSR count). The first-order valence-corrected chi connectivity index (χ1v) is 5.77. The zero-order valence-electron chi connectivity index (χ0n) is 9.09. The second-order valence-corrected chi connectivity index (χ2v) is 5.08. The van der Waals surface area contributed by atoms with E-state index < -0.39 is 0 Å². The van der Waals surface area contributed by atoms with E-state index in [1.807, 2.05) is 0 Å². The Hall–Kier alpha value is -0.120. The fraction of sp³-hybridized carbons (Fsp3) is 1.00. The Morgan fingerprint density at radius 1 is 1.43 bits per heavy atom. The van der Waals surface area contributed by atoms with Crippen LogP contribution < -0.4 is 11.1 Å². The molecule has 2 aliphatic rings. The highest BCUT2D eigenvalue weighted by Gasteiger charge is 2.33. The predicted octanol–water partition coefficient (Wildman–Crippen LogP) is 0.740. The Kier molecular flexibility index (Phi) is 3.10. The van der Waals surface area contributed by atoms with Crippen molar-refractivity contribution in [1.29, 1.82) is 0 Å². The summed E-state index contributed by atoms with van der Waals surface area (Å²) in [5, 5.41) is 3.51. The molecule has 1 saturated carbocycles. The molecule has 2 fully saturated rings. The first kappa shape index (κ1) is 10.4. The molecule has 1 saturated heterocycles. The van der Waals surface area contributed by atoms with Gasteiger partial charge in [-0.3, -0.25) is 0 Å². The molecule has 3 N–H and O–H groups in total. The highest BCUT2D eigenvalue weighted by molar-refractivity contribution is 4.90. The average Bonchev–Trinajstić information content (AvgIpc) is 2.83. The highest BCUT2D eigenvalue weighted by atomic mass is 16.5. The van der Waals surface area contributed by atoms with Gasteiger partial charge in [-0.05, 0) is 37.6 Å². The van der Waals surface area contributed by atoms with Crippen molar-refractivity contribution in [2.24, 2.45) is 17.6 Å². The maximum absolute atomic E-state index is 6.26. The van der Waals surface area contributed by atoms with Gasteiger partial charge in [0.1, 0.15) is 0 Å². The van der Waals surface area contributed by atoms with Crippen LogP contribution in [0.25, 0.3) is 0 Å². The Balaban J connectivity index is 1.63. The molecule has 1 heterocycles. The van der Waals surface area contributed by atoms with Crippen LogP contribution in [0.4, 0.5) is 0 Å². The molecular formula is C11H22N2O. The lowest BCUT2D eigenvalue weighted by Gasteiger charge is -2.33. The Bertz CT molecular complexity index is 190. The Labute approximate surface area is 86.4 Å². The zero-order valence-corrected chi connectivity index (χ0v) is 9.09. The van der Waals surface area contributed by atoms with E-state index in [-0.39, 0.29) is 5.54 Å². The first-order chi connectivity index (χ1) is 6.70. The van der Waals surface area contributed by atoms with Gasteiger partial charge in [-0.1, -0.05) is 6.92 Å².